The van der Waals surface area contributed by atoms with E-state index in [4.69, 9.17) is 5.11 Å². The third-order valence-electron chi connectivity index (χ3n) is 3.32. The number of aliphatic carboxylic acids is 1. The quantitative estimate of drug-likeness (QED) is 0.681. The summed E-state index contributed by atoms with van der Waals surface area (Å²) in [7, 11) is 0. The van der Waals surface area contributed by atoms with E-state index in [1.807, 2.05) is 13.8 Å². The second-order valence-corrected chi connectivity index (χ2v) is 5.82. The zero-order chi connectivity index (χ0) is 17.4. The predicted octanol–water partition coefficient (Wildman–Crippen LogP) is 1.87. The van der Waals surface area contributed by atoms with Crippen LogP contribution in [-0.2, 0) is 14.4 Å². The van der Waals surface area contributed by atoms with E-state index in [2.05, 4.69) is 10.6 Å². The van der Waals surface area contributed by atoms with Gasteiger partial charge in [0.1, 0.15) is 12.1 Å². The number of hydrogen-bond donors (Lipinski definition) is 3. The van der Waals surface area contributed by atoms with Crippen molar-refractivity contribution in [2.75, 3.05) is 0 Å². The Morgan fingerprint density at radius 1 is 1.09 bits per heavy atom. The molecular formula is C17H24N2O4. The Hall–Kier alpha value is -2.37. The SMILES string of the molecule is CCC(NC(=O)C(NC(=O)CC(C)C)c1ccccc1)C(=O)O. The lowest BCUT2D eigenvalue weighted by Gasteiger charge is -2.21. The first-order chi connectivity index (χ1) is 10.8. The fourth-order valence-electron chi connectivity index (χ4n) is 2.13. The molecule has 6 nitrogen and oxygen atoms in total. The first-order valence-corrected chi connectivity index (χ1v) is 7.72. The van der Waals surface area contributed by atoms with Gasteiger partial charge in [-0.25, -0.2) is 4.79 Å². The van der Waals surface area contributed by atoms with E-state index < -0.39 is 24.0 Å². The number of carboxylic acids is 1. The van der Waals surface area contributed by atoms with Crippen molar-refractivity contribution in [2.24, 2.45) is 5.92 Å². The van der Waals surface area contributed by atoms with Crippen molar-refractivity contribution in [1.82, 2.24) is 10.6 Å². The van der Waals surface area contributed by atoms with Crippen molar-refractivity contribution in [1.29, 1.82) is 0 Å². The smallest absolute Gasteiger partial charge is 0.326 e. The highest BCUT2D eigenvalue weighted by atomic mass is 16.4. The van der Waals surface area contributed by atoms with E-state index in [0.717, 1.165) is 0 Å². The van der Waals surface area contributed by atoms with Crippen LogP contribution in [0.5, 0.6) is 0 Å². The average Bonchev–Trinajstić information content (AvgIpc) is 2.49. The molecule has 0 spiro atoms. The molecule has 2 amide bonds. The van der Waals surface area contributed by atoms with Crippen LogP contribution in [0, 0.1) is 5.92 Å². The number of amides is 2. The maximum Gasteiger partial charge on any atom is 0.326 e. The van der Waals surface area contributed by atoms with E-state index >= 15 is 0 Å². The molecule has 0 aliphatic rings. The van der Waals surface area contributed by atoms with E-state index in [-0.39, 0.29) is 18.2 Å². The Morgan fingerprint density at radius 3 is 2.17 bits per heavy atom. The molecule has 0 saturated heterocycles. The van der Waals surface area contributed by atoms with Crippen molar-refractivity contribution in [2.45, 2.75) is 45.7 Å². The summed E-state index contributed by atoms with van der Waals surface area (Å²) in [5.74, 6) is -1.70. The van der Waals surface area contributed by atoms with Crippen molar-refractivity contribution >= 4 is 17.8 Å². The fraction of sp³-hybridized carbons (Fsp3) is 0.471. The minimum atomic E-state index is -1.10. The Morgan fingerprint density at radius 2 is 1.70 bits per heavy atom. The molecule has 0 radical (unpaired) electrons. The molecule has 2 unspecified atom stereocenters. The average molecular weight is 320 g/mol. The third kappa shape index (κ3) is 6.10. The number of rotatable bonds is 8. The second kappa shape index (κ2) is 8.92. The molecule has 6 heteroatoms. The van der Waals surface area contributed by atoms with Crippen LogP contribution in [0.4, 0.5) is 0 Å². The number of carbonyl (C=O) groups excluding carboxylic acids is 2. The molecule has 0 fully saturated rings. The van der Waals surface area contributed by atoms with Gasteiger partial charge >= 0.3 is 5.97 Å². The minimum Gasteiger partial charge on any atom is -0.480 e. The minimum absolute atomic E-state index is 0.164. The first-order valence-electron chi connectivity index (χ1n) is 7.72. The van der Waals surface area contributed by atoms with Crippen LogP contribution < -0.4 is 10.6 Å². The van der Waals surface area contributed by atoms with Crippen molar-refractivity contribution in [3.05, 3.63) is 35.9 Å². The van der Waals surface area contributed by atoms with E-state index in [1.54, 1.807) is 37.3 Å². The zero-order valence-corrected chi connectivity index (χ0v) is 13.7. The van der Waals surface area contributed by atoms with Crippen LogP contribution in [0.25, 0.3) is 0 Å². The van der Waals surface area contributed by atoms with E-state index in [9.17, 15) is 14.4 Å². The molecular weight excluding hydrogens is 296 g/mol. The van der Waals surface area contributed by atoms with Crippen molar-refractivity contribution in [3.63, 3.8) is 0 Å². The lowest BCUT2D eigenvalue weighted by atomic mass is 10.0. The summed E-state index contributed by atoms with van der Waals surface area (Å²) in [4.78, 5) is 35.6. The van der Waals surface area contributed by atoms with Crippen LogP contribution in [-0.4, -0.2) is 28.9 Å². The largest absolute Gasteiger partial charge is 0.480 e. The van der Waals surface area contributed by atoms with Crippen LogP contribution in [0.2, 0.25) is 0 Å². The van der Waals surface area contributed by atoms with Gasteiger partial charge in [0.25, 0.3) is 0 Å². The molecule has 0 bridgehead atoms. The summed E-state index contributed by atoms with van der Waals surface area (Å²) >= 11 is 0. The molecule has 1 rings (SSSR count). The zero-order valence-electron chi connectivity index (χ0n) is 13.7. The molecule has 0 aromatic heterocycles. The normalized spacial score (nSPS) is 13.2. The number of hydrogen-bond acceptors (Lipinski definition) is 3. The van der Waals surface area contributed by atoms with Crippen LogP contribution in [0.1, 0.15) is 45.2 Å². The van der Waals surface area contributed by atoms with Gasteiger partial charge in [0.2, 0.25) is 11.8 Å². The Balaban J connectivity index is 2.93. The van der Waals surface area contributed by atoms with Gasteiger partial charge < -0.3 is 15.7 Å². The van der Waals surface area contributed by atoms with Crippen molar-refractivity contribution < 1.29 is 19.5 Å². The highest BCUT2D eigenvalue weighted by molar-refractivity contribution is 5.91. The summed E-state index contributed by atoms with van der Waals surface area (Å²) in [5, 5.41) is 14.2. The Kier molecular flexibility index (Phi) is 7.25. The standard InChI is InChI=1S/C17H24N2O4/c1-4-13(17(22)23)18-16(21)15(12-8-6-5-7-9-12)19-14(20)10-11(2)3/h5-9,11,13,15H,4,10H2,1-3H3,(H,18,21)(H,19,20)(H,22,23). The second-order valence-electron chi connectivity index (χ2n) is 5.82. The predicted molar refractivity (Wildman–Crippen MR) is 86.6 cm³/mol. The lowest BCUT2D eigenvalue weighted by molar-refractivity contribution is -0.142. The third-order valence-corrected chi connectivity index (χ3v) is 3.32. The monoisotopic (exact) mass is 320 g/mol. The van der Waals surface area contributed by atoms with Gasteiger partial charge in [-0.2, -0.15) is 0 Å². The molecule has 0 aliphatic heterocycles. The molecule has 23 heavy (non-hydrogen) atoms. The number of nitrogens with one attached hydrogen (secondary N) is 2. The molecule has 3 N–H and O–H groups in total. The molecule has 0 aliphatic carbocycles. The van der Waals surface area contributed by atoms with Gasteiger partial charge in [-0.05, 0) is 17.9 Å². The van der Waals surface area contributed by atoms with Gasteiger partial charge in [-0.3, -0.25) is 9.59 Å². The maximum absolute atomic E-state index is 12.4. The van der Waals surface area contributed by atoms with Gasteiger partial charge in [0.05, 0.1) is 0 Å². The van der Waals surface area contributed by atoms with Gasteiger partial charge in [0.15, 0.2) is 0 Å². The van der Waals surface area contributed by atoms with Crippen molar-refractivity contribution in [3.8, 4) is 0 Å². The molecule has 1 aromatic rings. The molecule has 126 valence electrons. The Labute approximate surface area is 136 Å². The summed E-state index contributed by atoms with van der Waals surface area (Å²) in [5.41, 5.74) is 0.613. The van der Waals surface area contributed by atoms with Crippen LogP contribution >= 0.6 is 0 Å². The highest BCUT2D eigenvalue weighted by Crippen LogP contribution is 2.14. The molecule has 2 atom stereocenters. The highest BCUT2D eigenvalue weighted by Gasteiger charge is 2.26. The first kappa shape index (κ1) is 18.7. The van der Waals surface area contributed by atoms with Gasteiger partial charge in [0, 0.05) is 6.42 Å². The van der Waals surface area contributed by atoms with E-state index in [0.29, 0.717) is 12.0 Å². The van der Waals surface area contributed by atoms with Gasteiger partial charge in [-0.15, -0.1) is 0 Å². The number of carboxylic acid groups (broad SMARTS) is 1. The number of benzene rings is 1. The van der Waals surface area contributed by atoms with Gasteiger partial charge in [-0.1, -0.05) is 51.1 Å². The van der Waals surface area contributed by atoms with E-state index in [1.165, 1.54) is 0 Å². The summed E-state index contributed by atoms with van der Waals surface area (Å²) in [6, 6.07) is 6.90. The molecule has 0 saturated carbocycles. The maximum atomic E-state index is 12.4. The van der Waals surface area contributed by atoms with Crippen LogP contribution in [0.15, 0.2) is 30.3 Å². The molecule has 1 aromatic carbocycles. The number of carbonyl (C=O) groups is 3. The summed E-state index contributed by atoms with van der Waals surface area (Å²) in [6.07, 6.45) is 0.565. The topological polar surface area (TPSA) is 95.5 Å². The van der Waals surface area contributed by atoms with Crippen LogP contribution in [0.3, 0.4) is 0 Å². The Bertz CT molecular complexity index is 543. The fourth-order valence-corrected chi connectivity index (χ4v) is 2.13. The lowest BCUT2D eigenvalue weighted by Crippen LogP contribution is -2.47. The molecule has 0 heterocycles. The summed E-state index contributed by atoms with van der Waals surface area (Å²) < 4.78 is 0. The summed E-state index contributed by atoms with van der Waals surface area (Å²) in [6.45, 7) is 5.50.